The Hall–Kier alpha value is -2.51. The molecule has 0 saturated carbocycles. The summed E-state index contributed by atoms with van der Waals surface area (Å²) in [5, 5.41) is 1.41. The van der Waals surface area contributed by atoms with Gasteiger partial charge in [-0.3, -0.25) is 4.79 Å². The predicted octanol–water partition coefficient (Wildman–Crippen LogP) is 4.27. The van der Waals surface area contributed by atoms with E-state index >= 15 is 0 Å². The average molecular weight is 431 g/mol. The number of benzene rings is 2. The Labute approximate surface area is 177 Å². The van der Waals surface area contributed by atoms with Gasteiger partial charge in [0.05, 0.1) is 0 Å². The van der Waals surface area contributed by atoms with Gasteiger partial charge in [0.1, 0.15) is 11.6 Å². The lowest BCUT2D eigenvalue weighted by molar-refractivity contribution is 0.0674. The van der Waals surface area contributed by atoms with Crippen molar-refractivity contribution in [1.82, 2.24) is 14.3 Å². The summed E-state index contributed by atoms with van der Waals surface area (Å²) in [7, 11) is 0. The molecule has 2 heterocycles. The van der Waals surface area contributed by atoms with Crippen LogP contribution in [0.5, 0.6) is 0 Å². The molecule has 0 aliphatic carbocycles. The van der Waals surface area contributed by atoms with E-state index in [1.165, 1.54) is 23.7 Å². The molecule has 5 nitrogen and oxygen atoms in total. The van der Waals surface area contributed by atoms with Crippen molar-refractivity contribution in [1.29, 1.82) is 0 Å². The third-order valence-electron chi connectivity index (χ3n) is 4.96. The Morgan fingerprint density at radius 2 is 2.03 bits per heavy atom. The minimum Gasteiger partial charge on any atom is -0.343 e. The van der Waals surface area contributed by atoms with Crippen molar-refractivity contribution in [2.45, 2.75) is 19.4 Å². The molecular weight excluding hydrogens is 411 g/mol. The summed E-state index contributed by atoms with van der Waals surface area (Å²) in [5.41, 5.74) is 1.58. The van der Waals surface area contributed by atoms with Crippen LogP contribution >= 0.6 is 23.1 Å². The number of rotatable bonds is 4. The standard InChI is InChI=1S/C21H20ClFN4OS/c1-14-13-26(9-10-27(14)20(28)16-3-2-4-17(22)12-16)21-24-19(25-29-21)11-15-5-7-18(23)8-6-15/h2-8,12,14H,9-11,13H2,1H3. The maximum Gasteiger partial charge on any atom is 0.254 e. The van der Waals surface area contributed by atoms with E-state index in [4.69, 9.17) is 11.6 Å². The van der Waals surface area contributed by atoms with E-state index in [0.717, 1.165) is 16.5 Å². The van der Waals surface area contributed by atoms with Crippen molar-refractivity contribution in [2.24, 2.45) is 0 Å². The van der Waals surface area contributed by atoms with Crippen LogP contribution in [0.3, 0.4) is 0 Å². The summed E-state index contributed by atoms with van der Waals surface area (Å²) in [6, 6.07) is 13.5. The van der Waals surface area contributed by atoms with Gasteiger partial charge in [-0.2, -0.15) is 4.37 Å². The zero-order valence-corrected chi connectivity index (χ0v) is 17.5. The molecule has 1 aromatic heterocycles. The first-order valence-corrected chi connectivity index (χ1v) is 10.5. The number of hydrogen-bond donors (Lipinski definition) is 0. The quantitative estimate of drug-likeness (QED) is 0.620. The summed E-state index contributed by atoms with van der Waals surface area (Å²) in [6.07, 6.45) is 0.569. The molecule has 1 saturated heterocycles. The molecule has 29 heavy (non-hydrogen) atoms. The number of carbonyl (C=O) groups is 1. The van der Waals surface area contributed by atoms with E-state index in [-0.39, 0.29) is 17.8 Å². The van der Waals surface area contributed by atoms with Gasteiger partial charge in [-0.25, -0.2) is 9.37 Å². The van der Waals surface area contributed by atoms with Gasteiger partial charge < -0.3 is 9.80 Å². The molecule has 150 valence electrons. The van der Waals surface area contributed by atoms with E-state index in [0.29, 0.717) is 36.6 Å². The van der Waals surface area contributed by atoms with Gasteiger partial charge in [0.2, 0.25) is 5.13 Å². The first kappa shape index (κ1) is 19.8. The number of carbonyl (C=O) groups excluding carboxylic acids is 1. The minimum absolute atomic E-state index is 0.00564. The van der Waals surface area contributed by atoms with Crippen LogP contribution in [0.4, 0.5) is 9.52 Å². The number of amides is 1. The number of halogens is 2. The maximum absolute atomic E-state index is 13.1. The summed E-state index contributed by atoms with van der Waals surface area (Å²) in [5.74, 6) is 0.468. The van der Waals surface area contributed by atoms with Gasteiger partial charge in [-0.1, -0.05) is 29.8 Å². The first-order chi connectivity index (χ1) is 14.0. The highest BCUT2D eigenvalue weighted by molar-refractivity contribution is 7.09. The van der Waals surface area contributed by atoms with E-state index in [2.05, 4.69) is 14.3 Å². The largest absolute Gasteiger partial charge is 0.343 e. The second kappa shape index (κ2) is 8.47. The highest BCUT2D eigenvalue weighted by Crippen LogP contribution is 2.24. The predicted molar refractivity (Wildman–Crippen MR) is 113 cm³/mol. The van der Waals surface area contributed by atoms with E-state index < -0.39 is 0 Å². The SMILES string of the molecule is CC1CN(c2nc(Cc3ccc(F)cc3)ns2)CCN1C(=O)c1cccc(Cl)c1. The molecule has 8 heteroatoms. The average Bonchev–Trinajstić information content (AvgIpc) is 3.18. The molecule has 0 spiro atoms. The highest BCUT2D eigenvalue weighted by Gasteiger charge is 2.29. The van der Waals surface area contributed by atoms with Crippen LogP contribution in [0.25, 0.3) is 0 Å². The zero-order chi connectivity index (χ0) is 20.4. The smallest absolute Gasteiger partial charge is 0.254 e. The molecule has 3 aromatic rings. The van der Waals surface area contributed by atoms with Crippen LogP contribution in [-0.2, 0) is 6.42 Å². The Bertz CT molecular complexity index is 1010. The van der Waals surface area contributed by atoms with Crippen LogP contribution < -0.4 is 4.90 Å². The molecule has 1 fully saturated rings. The minimum atomic E-state index is -0.250. The topological polar surface area (TPSA) is 49.3 Å². The molecule has 0 N–H and O–H groups in total. The highest BCUT2D eigenvalue weighted by atomic mass is 35.5. The van der Waals surface area contributed by atoms with Crippen molar-refractivity contribution < 1.29 is 9.18 Å². The molecule has 0 radical (unpaired) electrons. The van der Waals surface area contributed by atoms with Crippen LogP contribution in [0.1, 0.15) is 28.7 Å². The van der Waals surface area contributed by atoms with E-state index in [9.17, 15) is 9.18 Å². The molecule has 1 atom stereocenters. The fourth-order valence-electron chi connectivity index (χ4n) is 3.45. The number of hydrogen-bond acceptors (Lipinski definition) is 5. The third kappa shape index (κ3) is 4.57. The lowest BCUT2D eigenvalue weighted by Gasteiger charge is -2.39. The lowest BCUT2D eigenvalue weighted by atomic mass is 10.1. The van der Waals surface area contributed by atoms with E-state index in [1.54, 1.807) is 36.4 Å². The summed E-state index contributed by atoms with van der Waals surface area (Å²) < 4.78 is 17.5. The Morgan fingerprint density at radius 1 is 1.24 bits per heavy atom. The maximum atomic E-state index is 13.1. The Morgan fingerprint density at radius 3 is 2.76 bits per heavy atom. The summed E-state index contributed by atoms with van der Waals surface area (Å²) in [6.45, 7) is 4.04. The van der Waals surface area contributed by atoms with Gasteiger partial charge >= 0.3 is 0 Å². The van der Waals surface area contributed by atoms with Crippen LogP contribution in [-0.4, -0.2) is 45.8 Å². The second-order valence-corrected chi connectivity index (χ2v) is 8.27. The van der Waals surface area contributed by atoms with Gasteiger partial charge in [0.25, 0.3) is 5.91 Å². The number of aromatic nitrogens is 2. The van der Waals surface area contributed by atoms with Crippen LogP contribution in [0.15, 0.2) is 48.5 Å². The van der Waals surface area contributed by atoms with Crippen molar-refractivity contribution >= 4 is 34.2 Å². The van der Waals surface area contributed by atoms with Crippen LogP contribution in [0, 0.1) is 5.82 Å². The molecular formula is C21H20ClFN4OS. The zero-order valence-electron chi connectivity index (χ0n) is 15.9. The normalized spacial score (nSPS) is 16.9. The van der Waals surface area contributed by atoms with Crippen molar-refractivity contribution in [3.05, 3.63) is 76.3 Å². The monoisotopic (exact) mass is 430 g/mol. The fraction of sp³-hybridized carbons (Fsp3) is 0.286. The van der Waals surface area contributed by atoms with Gasteiger partial charge in [-0.15, -0.1) is 0 Å². The number of piperazine rings is 1. The van der Waals surface area contributed by atoms with E-state index in [1.807, 2.05) is 11.8 Å². The summed E-state index contributed by atoms with van der Waals surface area (Å²) in [4.78, 5) is 21.5. The Balaban J connectivity index is 1.40. The third-order valence-corrected chi connectivity index (χ3v) is 6.01. The first-order valence-electron chi connectivity index (χ1n) is 9.38. The fourth-order valence-corrected chi connectivity index (χ4v) is 4.36. The number of nitrogens with zero attached hydrogens (tertiary/aromatic N) is 4. The summed E-state index contributed by atoms with van der Waals surface area (Å²) >= 11 is 7.38. The van der Waals surface area contributed by atoms with Crippen molar-refractivity contribution in [3.8, 4) is 0 Å². The molecule has 4 rings (SSSR count). The van der Waals surface area contributed by atoms with Crippen molar-refractivity contribution in [3.63, 3.8) is 0 Å². The van der Waals surface area contributed by atoms with Gasteiger partial charge in [-0.05, 0) is 42.8 Å². The van der Waals surface area contributed by atoms with Crippen LogP contribution in [0.2, 0.25) is 5.02 Å². The lowest BCUT2D eigenvalue weighted by Crippen LogP contribution is -2.54. The van der Waals surface area contributed by atoms with Crippen molar-refractivity contribution in [2.75, 3.05) is 24.5 Å². The molecule has 1 aliphatic rings. The molecule has 1 aliphatic heterocycles. The number of anilines is 1. The molecule has 2 aromatic carbocycles. The molecule has 0 bridgehead atoms. The van der Waals surface area contributed by atoms with Gasteiger partial charge in [0.15, 0.2) is 0 Å². The second-order valence-electron chi connectivity index (χ2n) is 7.10. The van der Waals surface area contributed by atoms with Gasteiger partial charge in [0, 0.05) is 54.2 Å². The molecule has 1 unspecified atom stereocenters. The Kier molecular flexibility index (Phi) is 5.78. The molecule has 1 amide bonds.